The SMILES string of the molecule is CC/C=C\C/C=C\C/C=C\C/C=C\C/C=C\C/C=C\CCCCCCCCC(=O)OCC(COC(=O)CCCCCC/C=C\C/C=C\C/C=C\C/C=C\CC)OC(=O)CCCCC/C=C\C/C=C\C/C=C\C/C=C\C/C=C\CC. The van der Waals surface area contributed by atoms with E-state index in [0.717, 1.165) is 180 Å². The van der Waals surface area contributed by atoms with Crippen LogP contribution in [0.15, 0.2) is 182 Å². The van der Waals surface area contributed by atoms with E-state index in [-0.39, 0.29) is 37.5 Å². The van der Waals surface area contributed by atoms with E-state index in [9.17, 15) is 14.4 Å². The molecule has 79 heavy (non-hydrogen) atoms. The third kappa shape index (κ3) is 63.2. The first kappa shape index (κ1) is 73.5. The first-order chi connectivity index (χ1) is 39.0. The molecule has 6 heteroatoms. The highest BCUT2D eigenvalue weighted by atomic mass is 16.6. The quantitative estimate of drug-likeness (QED) is 0.0261. The van der Waals surface area contributed by atoms with Crippen LogP contribution in [-0.4, -0.2) is 37.2 Å². The fourth-order valence-corrected chi connectivity index (χ4v) is 7.81. The highest BCUT2D eigenvalue weighted by molar-refractivity contribution is 5.71. The first-order valence-electron chi connectivity index (χ1n) is 31.3. The highest BCUT2D eigenvalue weighted by Gasteiger charge is 2.19. The van der Waals surface area contributed by atoms with Gasteiger partial charge in [0, 0.05) is 19.3 Å². The summed E-state index contributed by atoms with van der Waals surface area (Å²) in [7, 11) is 0. The minimum atomic E-state index is -0.825. The maximum absolute atomic E-state index is 12.9. The Morgan fingerprint density at radius 2 is 0.456 bits per heavy atom. The van der Waals surface area contributed by atoms with Crippen LogP contribution in [0.5, 0.6) is 0 Å². The summed E-state index contributed by atoms with van der Waals surface area (Å²) in [5, 5.41) is 0. The lowest BCUT2D eigenvalue weighted by Crippen LogP contribution is -2.30. The van der Waals surface area contributed by atoms with Crippen LogP contribution in [0.4, 0.5) is 0 Å². The molecule has 0 N–H and O–H groups in total. The van der Waals surface area contributed by atoms with Gasteiger partial charge in [0.2, 0.25) is 0 Å². The summed E-state index contributed by atoms with van der Waals surface area (Å²) in [6, 6.07) is 0. The van der Waals surface area contributed by atoms with Crippen molar-refractivity contribution in [1.29, 1.82) is 0 Å². The Labute approximate surface area is 484 Å². The van der Waals surface area contributed by atoms with Crippen LogP contribution in [0.25, 0.3) is 0 Å². The van der Waals surface area contributed by atoms with Gasteiger partial charge in [0.25, 0.3) is 0 Å². The first-order valence-corrected chi connectivity index (χ1v) is 31.3. The van der Waals surface area contributed by atoms with Crippen LogP contribution in [0.3, 0.4) is 0 Å². The van der Waals surface area contributed by atoms with Crippen molar-refractivity contribution in [1.82, 2.24) is 0 Å². The number of ether oxygens (including phenoxy) is 3. The molecule has 1 unspecified atom stereocenters. The number of hydrogen-bond donors (Lipinski definition) is 0. The molecule has 0 aromatic carbocycles. The van der Waals surface area contributed by atoms with E-state index in [1.165, 1.54) is 12.8 Å². The van der Waals surface area contributed by atoms with Crippen molar-refractivity contribution >= 4 is 17.9 Å². The Morgan fingerprint density at radius 1 is 0.253 bits per heavy atom. The highest BCUT2D eigenvalue weighted by Crippen LogP contribution is 2.13. The molecular formula is C73H112O6. The Bertz CT molecular complexity index is 1870. The molecule has 0 spiro atoms. The number of carbonyl (C=O) groups is 3. The molecule has 0 fully saturated rings. The third-order valence-electron chi connectivity index (χ3n) is 12.4. The second kappa shape index (κ2) is 65.0. The minimum Gasteiger partial charge on any atom is -0.462 e. The van der Waals surface area contributed by atoms with E-state index in [0.29, 0.717) is 19.3 Å². The number of unbranched alkanes of at least 4 members (excludes halogenated alkanes) is 13. The summed E-state index contributed by atoms with van der Waals surface area (Å²) in [6.07, 6.45) is 97.4. The molecule has 0 bridgehead atoms. The topological polar surface area (TPSA) is 78.9 Å². The molecule has 0 rings (SSSR count). The average Bonchev–Trinajstić information content (AvgIpc) is 3.45. The van der Waals surface area contributed by atoms with Gasteiger partial charge >= 0.3 is 17.9 Å². The number of allylic oxidation sites excluding steroid dienone is 30. The van der Waals surface area contributed by atoms with E-state index in [2.05, 4.69) is 203 Å². The molecule has 0 saturated carbocycles. The summed E-state index contributed by atoms with van der Waals surface area (Å²) >= 11 is 0. The zero-order valence-electron chi connectivity index (χ0n) is 50.3. The number of carbonyl (C=O) groups excluding carboxylic acids is 3. The molecule has 0 amide bonds. The van der Waals surface area contributed by atoms with E-state index < -0.39 is 6.10 Å². The van der Waals surface area contributed by atoms with Crippen LogP contribution in [0, 0.1) is 0 Å². The lowest BCUT2D eigenvalue weighted by molar-refractivity contribution is -0.167. The summed E-state index contributed by atoms with van der Waals surface area (Å²) in [5.41, 5.74) is 0. The Morgan fingerprint density at radius 3 is 0.722 bits per heavy atom. The zero-order chi connectivity index (χ0) is 57.1. The molecule has 0 aliphatic carbocycles. The predicted octanol–water partition coefficient (Wildman–Crippen LogP) is 21.7. The van der Waals surface area contributed by atoms with Crippen molar-refractivity contribution in [2.75, 3.05) is 13.2 Å². The summed E-state index contributed by atoms with van der Waals surface area (Å²) in [5.74, 6) is -0.995. The molecule has 0 heterocycles. The molecule has 0 aromatic rings. The fourth-order valence-electron chi connectivity index (χ4n) is 7.81. The van der Waals surface area contributed by atoms with Gasteiger partial charge in [-0.1, -0.05) is 248 Å². The van der Waals surface area contributed by atoms with Gasteiger partial charge in [-0.25, -0.2) is 0 Å². The Kier molecular flexibility index (Phi) is 60.5. The summed E-state index contributed by atoms with van der Waals surface area (Å²) in [6.45, 7) is 6.22. The van der Waals surface area contributed by atoms with E-state index >= 15 is 0 Å². The molecular weight excluding hydrogens is 973 g/mol. The number of rotatable bonds is 54. The zero-order valence-corrected chi connectivity index (χ0v) is 50.3. The van der Waals surface area contributed by atoms with Gasteiger partial charge in [-0.15, -0.1) is 0 Å². The molecule has 6 nitrogen and oxygen atoms in total. The Balaban J connectivity index is 4.54. The predicted molar refractivity (Wildman–Crippen MR) is 343 cm³/mol. The maximum Gasteiger partial charge on any atom is 0.306 e. The monoisotopic (exact) mass is 1080 g/mol. The van der Waals surface area contributed by atoms with Crippen LogP contribution in [0.2, 0.25) is 0 Å². The summed E-state index contributed by atoms with van der Waals surface area (Å²) < 4.78 is 16.9. The lowest BCUT2D eigenvalue weighted by atomic mass is 10.1. The molecule has 0 saturated heterocycles. The normalized spacial score (nSPS) is 13.4. The molecule has 0 radical (unpaired) electrons. The van der Waals surface area contributed by atoms with Crippen molar-refractivity contribution < 1.29 is 28.6 Å². The van der Waals surface area contributed by atoms with Gasteiger partial charge in [0.1, 0.15) is 13.2 Å². The maximum atomic E-state index is 12.9. The smallest absolute Gasteiger partial charge is 0.306 e. The van der Waals surface area contributed by atoms with Crippen molar-refractivity contribution in [3.05, 3.63) is 182 Å². The van der Waals surface area contributed by atoms with Crippen molar-refractivity contribution in [3.8, 4) is 0 Å². The van der Waals surface area contributed by atoms with Crippen molar-refractivity contribution in [2.24, 2.45) is 0 Å². The van der Waals surface area contributed by atoms with Gasteiger partial charge in [-0.3, -0.25) is 14.4 Å². The fraction of sp³-hybridized carbons (Fsp3) is 0.548. The Hall–Kier alpha value is -5.49. The molecule has 1 atom stereocenters. The molecule has 0 aliphatic heterocycles. The van der Waals surface area contributed by atoms with Gasteiger partial charge < -0.3 is 14.2 Å². The minimum absolute atomic E-state index is 0.117. The van der Waals surface area contributed by atoms with E-state index in [1.54, 1.807) is 0 Å². The van der Waals surface area contributed by atoms with Crippen LogP contribution in [0.1, 0.15) is 239 Å². The number of esters is 3. The molecule has 0 aromatic heterocycles. The van der Waals surface area contributed by atoms with Gasteiger partial charge in [-0.2, -0.15) is 0 Å². The van der Waals surface area contributed by atoms with Gasteiger partial charge in [0.15, 0.2) is 6.10 Å². The third-order valence-corrected chi connectivity index (χ3v) is 12.4. The van der Waals surface area contributed by atoms with Crippen molar-refractivity contribution in [3.63, 3.8) is 0 Å². The van der Waals surface area contributed by atoms with Gasteiger partial charge in [0.05, 0.1) is 0 Å². The van der Waals surface area contributed by atoms with Crippen molar-refractivity contribution in [2.45, 2.75) is 245 Å². The standard InChI is InChI=1S/C73H112O6/c1-4-7-10-13-16-19-22-25-28-31-33-34-35-36-37-38-40-42-45-48-51-54-57-60-63-66-72(75)78-69-70(68-77-71(74)65-62-59-56-53-50-47-44-41-30-27-24-21-18-15-12-9-6-3)79-73(76)67-64-61-58-55-52-49-46-43-39-32-29-26-23-20-17-14-11-8-5-2/h7-12,16-21,25-30,33-34,36-37,39-40,42-44,47,49,52,70H,4-6,13-15,22-24,31-32,35,38,41,45-46,48,50-51,53-69H2,1-3H3/b10-7-,11-8-,12-9-,19-16-,20-17-,21-18-,28-25-,29-26-,30-27-,34-33-,37-36-,42-40-,43-39-,47-44-,52-49-. The van der Waals surface area contributed by atoms with E-state index in [4.69, 9.17) is 14.2 Å². The van der Waals surface area contributed by atoms with Crippen LogP contribution < -0.4 is 0 Å². The molecule has 440 valence electrons. The van der Waals surface area contributed by atoms with Crippen LogP contribution in [-0.2, 0) is 28.6 Å². The lowest BCUT2D eigenvalue weighted by Gasteiger charge is -2.18. The van der Waals surface area contributed by atoms with Crippen LogP contribution >= 0.6 is 0 Å². The number of hydrogen-bond acceptors (Lipinski definition) is 6. The van der Waals surface area contributed by atoms with Gasteiger partial charge in [-0.05, 0) is 154 Å². The molecule has 0 aliphatic rings. The summed E-state index contributed by atoms with van der Waals surface area (Å²) in [4.78, 5) is 38.3. The average molecular weight is 1090 g/mol. The van der Waals surface area contributed by atoms with E-state index in [1.807, 2.05) is 0 Å². The largest absolute Gasteiger partial charge is 0.462 e. The second-order valence-corrected chi connectivity index (χ2v) is 19.8. The second-order valence-electron chi connectivity index (χ2n) is 19.8.